The minimum atomic E-state index is -0.665. The molecule has 3 rings (SSSR count). The molecule has 2 aromatic heterocycles. The summed E-state index contributed by atoms with van der Waals surface area (Å²) >= 11 is 0. The third kappa shape index (κ3) is 4.94. The molecule has 0 fully saturated rings. The molecule has 0 aliphatic heterocycles. The zero-order valence-corrected chi connectivity index (χ0v) is 21.8. The van der Waals surface area contributed by atoms with Gasteiger partial charge in [0.2, 0.25) is 5.75 Å². The molecule has 0 atom stereocenters. The Morgan fingerprint density at radius 1 is 0.972 bits per heavy atom. The first-order valence-corrected chi connectivity index (χ1v) is 11.6. The molecule has 12 nitrogen and oxygen atoms in total. The molecule has 0 saturated heterocycles. The van der Waals surface area contributed by atoms with E-state index >= 15 is 0 Å². The molecule has 12 heteroatoms. The van der Waals surface area contributed by atoms with Crippen molar-refractivity contribution >= 4 is 17.1 Å². The average molecular weight is 504 g/mol. The van der Waals surface area contributed by atoms with E-state index in [-0.39, 0.29) is 18.7 Å². The minimum absolute atomic E-state index is 0.117. The third-order valence-corrected chi connectivity index (χ3v) is 6.16. The normalized spacial score (nSPS) is 11.2. The Balaban J connectivity index is 1.86. The summed E-state index contributed by atoms with van der Waals surface area (Å²) < 4.78 is 25.3. The molecule has 0 spiro atoms. The lowest BCUT2D eigenvalue weighted by Crippen LogP contribution is -2.40. The van der Waals surface area contributed by atoms with Gasteiger partial charge in [-0.05, 0) is 25.2 Å². The Morgan fingerprint density at radius 2 is 1.58 bits per heavy atom. The summed E-state index contributed by atoms with van der Waals surface area (Å²) in [5.41, 5.74) is -0.218. The van der Waals surface area contributed by atoms with Crippen molar-refractivity contribution in [3.05, 3.63) is 44.4 Å². The number of imidazole rings is 1. The number of nitrogens with zero attached hydrogens (tertiary/aromatic N) is 5. The molecule has 3 aromatic rings. The monoisotopic (exact) mass is 503 g/mol. The Bertz CT molecular complexity index is 1340. The van der Waals surface area contributed by atoms with E-state index in [1.165, 1.54) is 38.0 Å². The first-order chi connectivity index (χ1) is 17.2. The highest BCUT2D eigenvalue weighted by Gasteiger charge is 2.21. The number of rotatable bonds is 11. The number of carbonyl (C=O) groups excluding carboxylic acids is 1. The lowest BCUT2D eigenvalue weighted by atomic mass is 10.2. The van der Waals surface area contributed by atoms with Crippen molar-refractivity contribution in [1.29, 1.82) is 0 Å². The quantitative estimate of drug-likeness (QED) is 0.355. The van der Waals surface area contributed by atoms with Gasteiger partial charge < -0.3 is 23.5 Å². The first kappa shape index (κ1) is 26.8. The summed E-state index contributed by atoms with van der Waals surface area (Å²) in [4.78, 5) is 45.5. The molecular weight excluding hydrogens is 470 g/mol. The second-order valence-corrected chi connectivity index (χ2v) is 8.07. The number of carbonyl (C=O) groups is 1. The van der Waals surface area contributed by atoms with E-state index in [9.17, 15) is 14.4 Å². The van der Waals surface area contributed by atoms with Gasteiger partial charge in [0.1, 0.15) is 12.4 Å². The number of aromatic nitrogens is 4. The maximum atomic E-state index is 13.2. The standard InChI is InChI=1S/C24H33N5O7/c1-8-28(9-2)14-18-25-21-19(26(18)3)22(30)29(24(32)27(21)4)10-11-36-23(31)15-12-16(33-5)20(35-7)17(13-15)34-6/h12-13H,8-11,14H2,1-7H3. The molecule has 196 valence electrons. The van der Waals surface area contributed by atoms with E-state index in [0.29, 0.717) is 40.8 Å². The van der Waals surface area contributed by atoms with Gasteiger partial charge in [-0.25, -0.2) is 14.6 Å². The zero-order valence-electron chi connectivity index (χ0n) is 21.8. The van der Waals surface area contributed by atoms with Crippen LogP contribution in [-0.4, -0.2) is 70.6 Å². The highest BCUT2D eigenvalue weighted by Crippen LogP contribution is 2.38. The van der Waals surface area contributed by atoms with E-state index < -0.39 is 17.2 Å². The van der Waals surface area contributed by atoms with Gasteiger partial charge in [0.25, 0.3) is 5.56 Å². The van der Waals surface area contributed by atoms with Crippen molar-refractivity contribution in [3.8, 4) is 17.2 Å². The van der Waals surface area contributed by atoms with Gasteiger partial charge in [0, 0.05) is 14.1 Å². The van der Waals surface area contributed by atoms with Crippen LogP contribution in [0.25, 0.3) is 11.2 Å². The number of aryl methyl sites for hydroxylation is 2. The summed E-state index contributed by atoms with van der Waals surface area (Å²) in [7, 11) is 7.67. The Hall–Kier alpha value is -3.80. The summed E-state index contributed by atoms with van der Waals surface area (Å²) in [5, 5.41) is 0. The maximum Gasteiger partial charge on any atom is 0.338 e. The molecule has 1 aromatic carbocycles. The van der Waals surface area contributed by atoms with Gasteiger partial charge >= 0.3 is 11.7 Å². The molecular formula is C24H33N5O7. The topological polar surface area (TPSA) is 119 Å². The second kappa shape index (κ2) is 11.3. The molecule has 0 amide bonds. The molecule has 0 unspecified atom stereocenters. The number of methoxy groups -OCH3 is 3. The SMILES string of the molecule is CCN(CC)Cc1nc2c(c(=O)n(CCOC(=O)c3cc(OC)c(OC)c(OC)c3)c(=O)n2C)n1C. The summed E-state index contributed by atoms with van der Waals surface area (Å²) in [5.74, 6) is 0.971. The van der Waals surface area contributed by atoms with Crippen LogP contribution >= 0.6 is 0 Å². The van der Waals surface area contributed by atoms with Crippen molar-refractivity contribution < 1.29 is 23.7 Å². The largest absolute Gasteiger partial charge is 0.493 e. The minimum Gasteiger partial charge on any atom is -0.493 e. The summed E-state index contributed by atoms with van der Waals surface area (Å²) in [6.45, 7) is 6.01. The maximum absolute atomic E-state index is 13.2. The summed E-state index contributed by atoms with van der Waals surface area (Å²) in [6.07, 6.45) is 0. The van der Waals surface area contributed by atoms with Gasteiger partial charge in [0.05, 0.1) is 40.0 Å². The Morgan fingerprint density at radius 3 is 2.11 bits per heavy atom. The van der Waals surface area contributed by atoms with Gasteiger partial charge in [-0.3, -0.25) is 18.8 Å². The lowest BCUT2D eigenvalue weighted by molar-refractivity contribution is 0.0487. The second-order valence-electron chi connectivity index (χ2n) is 8.07. The number of esters is 1. The molecule has 0 N–H and O–H groups in total. The van der Waals surface area contributed by atoms with Crippen LogP contribution in [-0.2, 0) is 31.9 Å². The first-order valence-electron chi connectivity index (χ1n) is 11.6. The predicted molar refractivity (Wildman–Crippen MR) is 133 cm³/mol. The van der Waals surface area contributed by atoms with Gasteiger partial charge in [-0.1, -0.05) is 13.8 Å². The van der Waals surface area contributed by atoms with E-state index in [0.717, 1.165) is 17.7 Å². The summed E-state index contributed by atoms with van der Waals surface area (Å²) in [6, 6.07) is 2.93. The fraction of sp³-hybridized carbons (Fsp3) is 0.500. The molecule has 0 saturated carbocycles. The zero-order chi connectivity index (χ0) is 26.6. The van der Waals surface area contributed by atoms with Gasteiger partial charge in [0.15, 0.2) is 22.7 Å². The lowest BCUT2D eigenvalue weighted by Gasteiger charge is -2.17. The smallest absolute Gasteiger partial charge is 0.338 e. The van der Waals surface area contributed by atoms with Gasteiger partial charge in [-0.15, -0.1) is 0 Å². The Labute approximate surface area is 208 Å². The van der Waals surface area contributed by atoms with Gasteiger partial charge in [-0.2, -0.15) is 0 Å². The van der Waals surface area contributed by atoms with E-state index in [1.54, 1.807) is 18.7 Å². The highest BCUT2D eigenvalue weighted by atomic mass is 16.5. The fourth-order valence-electron chi connectivity index (χ4n) is 3.99. The van der Waals surface area contributed by atoms with E-state index in [1.807, 2.05) is 13.8 Å². The molecule has 0 aliphatic rings. The van der Waals surface area contributed by atoms with Crippen molar-refractivity contribution in [2.45, 2.75) is 26.9 Å². The molecule has 2 heterocycles. The van der Waals surface area contributed by atoms with E-state index in [4.69, 9.17) is 18.9 Å². The van der Waals surface area contributed by atoms with Crippen molar-refractivity contribution in [1.82, 2.24) is 23.6 Å². The van der Waals surface area contributed by atoms with Crippen molar-refractivity contribution in [2.24, 2.45) is 14.1 Å². The average Bonchev–Trinajstić information content (AvgIpc) is 3.22. The number of fused-ring (bicyclic) bond motifs is 1. The number of hydrogen-bond donors (Lipinski definition) is 0. The highest BCUT2D eigenvalue weighted by molar-refractivity contribution is 5.91. The van der Waals surface area contributed by atoms with Crippen LogP contribution in [0.3, 0.4) is 0 Å². The number of hydrogen-bond acceptors (Lipinski definition) is 9. The molecule has 36 heavy (non-hydrogen) atoms. The fourth-order valence-corrected chi connectivity index (χ4v) is 3.99. The van der Waals surface area contributed by atoms with Crippen molar-refractivity contribution in [2.75, 3.05) is 41.0 Å². The third-order valence-electron chi connectivity index (χ3n) is 6.16. The van der Waals surface area contributed by atoms with Crippen molar-refractivity contribution in [3.63, 3.8) is 0 Å². The van der Waals surface area contributed by atoms with Crippen LogP contribution in [0.4, 0.5) is 0 Å². The number of ether oxygens (including phenoxy) is 4. The van der Waals surface area contributed by atoms with Crippen LogP contribution in [0.5, 0.6) is 17.2 Å². The van der Waals surface area contributed by atoms with Crippen LogP contribution in [0.15, 0.2) is 21.7 Å². The predicted octanol–water partition coefficient (Wildman–Crippen LogP) is 1.16. The molecule has 0 radical (unpaired) electrons. The number of benzene rings is 1. The van der Waals surface area contributed by atoms with Crippen LogP contribution in [0.1, 0.15) is 30.0 Å². The van der Waals surface area contributed by atoms with Crippen LogP contribution < -0.4 is 25.5 Å². The van der Waals surface area contributed by atoms with E-state index in [2.05, 4.69) is 9.88 Å². The Kier molecular flexibility index (Phi) is 8.41. The molecule has 0 aliphatic carbocycles. The van der Waals surface area contributed by atoms with Crippen LogP contribution in [0.2, 0.25) is 0 Å². The van der Waals surface area contributed by atoms with Crippen LogP contribution in [0, 0.1) is 0 Å². The molecule has 0 bridgehead atoms.